The molecule has 142 valence electrons. The normalized spacial score (nSPS) is 13.1. The van der Waals surface area contributed by atoms with E-state index < -0.39 is 0 Å². The maximum absolute atomic E-state index is 12.2. The third kappa shape index (κ3) is 7.68. The summed E-state index contributed by atoms with van der Waals surface area (Å²) in [5.41, 5.74) is 3.24. The summed E-state index contributed by atoms with van der Waals surface area (Å²) >= 11 is 0. The first-order valence-electron chi connectivity index (χ1n) is 8.76. The van der Waals surface area contributed by atoms with Gasteiger partial charge < -0.3 is 15.5 Å². The monoisotopic (exact) mass is 387 g/mol. The maximum Gasteiger partial charge on any atom is 0.251 e. The van der Waals surface area contributed by atoms with Crippen molar-refractivity contribution in [1.82, 2.24) is 10.6 Å². The lowest BCUT2D eigenvalue weighted by Gasteiger charge is -2.23. The standard InChI is InChI=1S/C19H29N3O.2ClH/c1-3-5-14-22(4-2)18-8-6-17(7-9-18)19(23)21-15-16-10-12-20-13-11-16;;/h6-10,20H,3-5,11-15H2,1-2H3,(H,21,23);2*1H. The third-order valence-electron chi connectivity index (χ3n) is 4.29. The number of hydrogen-bond donors (Lipinski definition) is 2. The van der Waals surface area contributed by atoms with E-state index in [9.17, 15) is 4.79 Å². The van der Waals surface area contributed by atoms with Gasteiger partial charge in [0, 0.05) is 37.4 Å². The number of carbonyl (C=O) groups is 1. The van der Waals surface area contributed by atoms with Gasteiger partial charge in [-0.15, -0.1) is 24.8 Å². The van der Waals surface area contributed by atoms with Crippen LogP contribution in [0.15, 0.2) is 35.9 Å². The number of halogens is 2. The lowest BCUT2D eigenvalue weighted by molar-refractivity contribution is 0.0956. The van der Waals surface area contributed by atoms with Crippen molar-refractivity contribution in [2.45, 2.75) is 33.1 Å². The Hall–Kier alpha value is -1.23. The van der Waals surface area contributed by atoms with Crippen LogP contribution in [0, 0.1) is 0 Å². The number of amides is 1. The number of nitrogens with zero attached hydrogens (tertiary/aromatic N) is 1. The van der Waals surface area contributed by atoms with E-state index in [0.717, 1.165) is 38.2 Å². The molecule has 0 unspecified atom stereocenters. The van der Waals surface area contributed by atoms with E-state index in [2.05, 4.69) is 47.6 Å². The quantitative estimate of drug-likeness (QED) is 0.666. The number of carbonyl (C=O) groups excluding carboxylic acids is 1. The molecule has 0 spiro atoms. The zero-order valence-electron chi connectivity index (χ0n) is 15.2. The van der Waals surface area contributed by atoms with E-state index in [1.807, 2.05) is 12.1 Å². The molecule has 4 nitrogen and oxygen atoms in total. The highest BCUT2D eigenvalue weighted by Gasteiger charge is 2.09. The van der Waals surface area contributed by atoms with Gasteiger partial charge in [-0.25, -0.2) is 0 Å². The smallest absolute Gasteiger partial charge is 0.251 e. The van der Waals surface area contributed by atoms with E-state index in [-0.39, 0.29) is 30.7 Å². The Labute approximate surface area is 164 Å². The van der Waals surface area contributed by atoms with E-state index in [0.29, 0.717) is 6.54 Å². The van der Waals surface area contributed by atoms with Gasteiger partial charge in [0.25, 0.3) is 5.91 Å². The fourth-order valence-corrected chi connectivity index (χ4v) is 2.77. The number of unbranched alkanes of at least 4 members (excludes halogenated alkanes) is 1. The molecule has 0 atom stereocenters. The molecule has 0 bridgehead atoms. The predicted molar refractivity (Wildman–Crippen MR) is 112 cm³/mol. The van der Waals surface area contributed by atoms with Crippen LogP contribution in [0.4, 0.5) is 5.69 Å². The molecular weight excluding hydrogens is 357 g/mol. The summed E-state index contributed by atoms with van der Waals surface area (Å²) in [4.78, 5) is 14.6. The van der Waals surface area contributed by atoms with E-state index >= 15 is 0 Å². The van der Waals surface area contributed by atoms with Crippen LogP contribution in [-0.4, -0.2) is 38.6 Å². The van der Waals surface area contributed by atoms with Gasteiger partial charge in [0.05, 0.1) is 0 Å². The fraction of sp³-hybridized carbons (Fsp3) is 0.526. The summed E-state index contributed by atoms with van der Waals surface area (Å²) < 4.78 is 0. The van der Waals surface area contributed by atoms with E-state index in [1.54, 1.807) is 0 Å². The summed E-state index contributed by atoms with van der Waals surface area (Å²) in [5.74, 6) is 0.00703. The molecule has 0 aromatic heterocycles. The maximum atomic E-state index is 12.2. The predicted octanol–water partition coefficient (Wildman–Crippen LogP) is 3.81. The largest absolute Gasteiger partial charge is 0.372 e. The number of nitrogens with one attached hydrogen (secondary N) is 2. The number of hydrogen-bond acceptors (Lipinski definition) is 3. The minimum Gasteiger partial charge on any atom is -0.372 e. The van der Waals surface area contributed by atoms with Crippen molar-refractivity contribution in [2.24, 2.45) is 0 Å². The molecule has 1 aliphatic rings. The van der Waals surface area contributed by atoms with Gasteiger partial charge in [-0.2, -0.15) is 0 Å². The lowest BCUT2D eigenvalue weighted by atomic mass is 10.1. The van der Waals surface area contributed by atoms with Crippen molar-refractivity contribution in [3.63, 3.8) is 0 Å². The van der Waals surface area contributed by atoms with Crippen LogP contribution in [-0.2, 0) is 0 Å². The van der Waals surface area contributed by atoms with Crippen LogP contribution >= 0.6 is 24.8 Å². The molecule has 1 heterocycles. The first-order valence-corrected chi connectivity index (χ1v) is 8.76. The summed E-state index contributed by atoms with van der Waals surface area (Å²) in [5, 5.41) is 6.29. The van der Waals surface area contributed by atoms with Gasteiger partial charge in [-0.3, -0.25) is 4.79 Å². The van der Waals surface area contributed by atoms with Gasteiger partial charge in [0.2, 0.25) is 0 Å². The molecule has 1 aliphatic heterocycles. The van der Waals surface area contributed by atoms with Gasteiger partial charge in [0.15, 0.2) is 0 Å². The topological polar surface area (TPSA) is 44.4 Å². The van der Waals surface area contributed by atoms with Crippen molar-refractivity contribution in [3.8, 4) is 0 Å². The number of rotatable bonds is 8. The highest BCUT2D eigenvalue weighted by Crippen LogP contribution is 2.16. The second-order valence-corrected chi connectivity index (χ2v) is 5.98. The Kier molecular flexibility index (Phi) is 12.4. The molecule has 0 aliphatic carbocycles. The summed E-state index contributed by atoms with van der Waals surface area (Å²) in [6.45, 7) is 9.00. The molecule has 1 aromatic rings. The minimum atomic E-state index is 0. The number of benzene rings is 1. The second-order valence-electron chi connectivity index (χ2n) is 5.98. The van der Waals surface area contributed by atoms with Crippen LogP contribution in [0.1, 0.15) is 43.5 Å². The van der Waals surface area contributed by atoms with Gasteiger partial charge in [-0.1, -0.05) is 25.0 Å². The molecule has 25 heavy (non-hydrogen) atoms. The molecule has 1 aromatic carbocycles. The third-order valence-corrected chi connectivity index (χ3v) is 4.29. The van der Waals surface area contributed by atoms with Crippen molar-refractivity contribution in [2.75, 3.05) is 37.6 Å². The fourth-order valence-electron chi connectivity index (χ4n) is 2.77. The highest BCUT2D eigenvalue weighted by atomic mass is 35.5. The van der Waals surface area contributed by atoms with Crippen LogP contribution in [0.2, 0.25) is 0 Å². The Morgan fingerprint density at radius 1 is 1.20 bits per heavy atom. The van der Waals surface area contributed by atoms with Gasteiger partial charge in [0.1, 0.15) is 0 Å². The molecular formula is C19H31Cl2N3O. The molecule has 1 amide bonds. The van der Waals surface area contributed by atoms with Crippen molar-refractivity contribution < 1.29 is 4.79 Å². The molecule has 0 saturated heterocycles. The van der Waals surface area contributed by atoms with Gasteiger partial charge >= 0.3 is 0 Å². The molecule has 2 N–H and O–H groups in total. The average molecular weight is 388 g/mol. The van der Waals surface area contributed by atoms with E-state index in [1.165, 1.54) is 24.1 Å². The Morgan fingerprint density at radius 2 is 1.92 bits per heavy atom. The number of anilines is 1. The van der Waals surface area contributed by atoms with Crippen molar-refractivity contribution >= 4 is 36.4 Å². The second kappa shape index (κ2) is 13.0. The van der Waals surface area contributed by atoms with Crippen LogP contribution in [0.5, 0.6) is 0 Å². The SMILES string of the molecule is CCCCN(CC)c1ccc(C(=O)NCC2=CCNCC2)cc1.Cl.Cl. The Bertz CT molecular complexity index is 532. The van der Waals surface area contributed by atoms with Crippen LogP contribution < -0.4 is 15.5 Å². The zero-order valence-corrected chi connectivity index (χ0v) is 16.8. The summed E-state index contributed by atoms with van der Waals surface area (Å²) in [7, 11) is 0. The van der Waals surface area contributed by atoms with Crippen molar-refractivity contribution in [1.29, 1.82) is 0 Å². The highest BCUT2D eigenvalue weighted by molar-refractivity contribution is 5.94. The lowest BCUT2D eigenvalue weighted by Crippen LogP contribution is -2.29. The summed E-state index contributed by atoms with van der Waals surface area (Å²) in [6, 6.07) is 7.96. The molecule has 6 heteroatoms. The zero-order chi connectivity index (χ0) is 16.5. The molecule has 0 saturated carbocycles. The molecule has 2 rings (SSSR count). The molecule has 0 radical (unpaired) electrons. The van der Waals surface area contributed by atoms with Crippen LogP contribution in [0.3, 0.4) is 0 Å². The molecule has 0 fully saturated rings. The van der Waals surface area contributed by atoms with E-state index in [4.69, 9.17) is 0 Å². The average Bonchev–Trinajstić information content (AvgIpc) is 2.62. The minimum absolute atomic E-state index is 0. The first kappa shape index (κ1) is 23.8. The van der Waals surface area contributed by atoms with Gasteiger partial charge in [-0.05, 0) is 50.6 Å². The Balaban J connectivity index is 0.00000288. The first-order chi connectivity index (χ1) is 11.2. The summed E-state index contributed by atoms with van der Waals surface area (Å²) in [6.07, 6.45) is 5.57. The van der Waals surface area contributed by atoms with Crippen molar-refractivity contribution in [3.05, 3.63) is 41.5 Å². The Morgan fingerprint density at radius 3 is 2.48 bits per heavy atom. The van der Waals surface area contributed by atoms with Crippen LogP contribution in [0.25, 0.3) is 0 Å².